The molecule has 0 spiro atoms. The Balaban J connectivity index is 1.56. The summed E-state index contributed by atoms with van der Waals surface area (Å²) >= 11 is 6.14. The Morgan fingerprint density at radius 2 is 1.95 bits per heavy atom. The fraction of sp³-hybridized carbons (Fsp3) is 0.294. The van der Waals surface area contributed by atoms with Gasteiger partial charge in [-0.05, 0) is 36.1 Å². The third-order valence-electron chi connectivity index (χ3n) is 3.82. The zero-order chi connectivity index (χ0) is 13.2. The summed E-state index contributed by atoms with van der Waals surface area (Å²) < 4.78 is 0. The van der Waals surface area contributed by atoms with Crippen molar-refractivity contribution in [3.05, 3.63) is 70.2 Å². The van der Waals surface area contributed by atoms with Gasteiger partial charge in [-0.3, -0.25) is 0 Å². The van der Waals surface area contributed by atoms with E-state index in [9.17, 15) is 0 Å². The van der Waals surface area contributed by atoms with Crippen LogP contribution in [0.5, 0.6) is 0 Å². The number of hydrogen-bond donors (Lipinski definition) is 1. The molecule has 1 saturated carbocycles. The van der Waals surface area contributed by atoms with E-state index in [2.05, 4.69) is 53.8 Å². The summed E-state index contributed by atoms with van der Waals surface area (Å²) in [5.41, 5.74) is 3.84. The molecule has 1 aliphatic carbocycles. The van der Waals surface area contributed by atoms with Crippen molar-refractivity contribution in [2.75, 3.05) is 0 Å². The van der Waals surface area contributed by atoms with Gasteiger partial charge in [-0.1, -0.05) is 54.1 Å². The molecule has 0 amide bonds. The van der Waals surface area contributed by atoms with Crippen molar-refractivity contribution in [1.29, 1.82) is 0 Å². The SMILES string of the molecule is Cc1ccc(CNC2CC2c2ccccc2)cc1Cl. The Labute approximate surface area is 119 Å². The highest BCUT2D eigenvalue weighted by Gasteiger charge is 2.37. The van der Waals surface area contributed by atoms with Gasteiger partial charge in [-0.15, -0.1) is 0 Å². The molecule has 19 heavy (non-hydrogen) atoms. The molecule has 2 atom stereocenters. The molecular formula is C17H18ClN. The number of benzene rings is 2. The van der Waals surface area contributed by atoms with E-state index in [1.165, 1.54) is 17.5 Å². The summed E-state index contributed by atoms with van der Waals surface area (Å²) in [5.74, 6) is 0.683. The molecule has 1 fully saturated rings. The summed E-state index contributed by atoms with van der Waals surface area (Å²) in [6, 6.07) is 17.6. The molecule has 0 radical (unpaired) electrons. The highest BCUT2D eigenvalue weighted by Crippen LogP contribution is 2.40. The second-order valence-corrected chi connectivity index (χ2v) is 5.73. The van der Waals surface area contributed by atoms with Gasteiger partial charge in [0.25, 0.3) is 0 Å². The first-order valence-electron chi connectivity index (χ1n) is 6.77. The quantitative estimate of drug-likeness (QED) is 0.875. The van der Waals surface area contributed by atoms with Crippen molar-refractivity contribution >= 4 is 11.6 Å². The van der Waals surface area contributed by atoms with Crippen LogP contribution in [0.15, 0.2) is 48.5 Å². The standard InChI is InChI=1S/C17H18ClN/c1-12-7-8-13(9-16(12)18)11-19-17-10-15(17)14-5-3-2-4-6-14/h2-9,15,17,19H,10-11H2,1H3. The molecule has 0 aromatic heterocycles. The molecule has 0 aliphatic heterocycles. The van der Waals surface area contributed by atoms with Gasteiger partial charge < -0.3 is 5.32 Å². The first-order chi connectivity index (χ1) is 9.24. The number of aryl methyl sites for hydroxylation is 1. The molecule has 2 heteroatoms. The minimum Gasteiger partial charge on any atom is -0.309 e. The third-order valence-corrected chi connectivity index (χ3v) is 4.23. The van der Waals surface area contributed by atoms with Gasteiger partial charge in [0.2, 0.25) is 0 Å². The monoisotopic (exact) mass is 271 g/mol. The van der Waals surface area contributed by atoms with Crippen LogP contribution in [0.2, 0.25) is 5.02 Å². The zero-order valence-corrected chi connectivity index (χ0v) is 11.8. The van der Waals surface area contributed by atoms with Gasteiger partial charge in [0.05, 0.1) is 0 Å². The Morgan fingerprint density at radius 1 is 1.16 bits per heavy atom. The lowest BCUT2D eigenvalue weighted by atomic mass is 10.1. The maximum Gasteiger partial charge on any atom is 0.0438 e. The van der Waals surface area contributed by atoms with E-state index in [0.717, 1.165) is 17.1 Å². The third kappa shape index (κ3) is 2.99. The van der Waals surface area contributed by atoms with E-state index in [1.54, 1.807) is 0 Å². The first-order valence-corrected chi connectivity index (χ1v) is 7.15. The molecule has 3 rings (SSSR count). The molecule has 2 unspecified atom stereocenters. The average Bonchev–Trinajstić information content (AvgIpc) is 3.21. The van der Waals surface area contributed by atoms with Crippen molar-refractivity contribution in [1.82, 2.24) is 5.32 Å². The summed E-state index contributed by atoms with van der Waals surface area (Å²) in [4.78, 5) is 0. The van der Waals surface area contributed by atoms with E-state index in [1.807, 2.05) is 6.92 Å². The highest BCUT2D eigenvalue weighted by atomic mass is 35.5. The van der Waals surface area contributed by atoms with Crippen LogP contribution in [-0.2, 0) is 6.54 Å². The topological polar surface area (TPSA) is 12.0 Å². The first kappa shape index (κ1) is 12.7. The average molecular weight is 272 g/mol. The Hall–Kier alpha value is -1.31. The molecular weight excluding hydrogens is 254 g/mol. The molecule has 1 aliphatic rings. The minimum atomic E-state index is 0.613. The molecule has 0 saturated heterocycles. The van der Waals surface area contributed by atoms with Crippen molar-refractivity contribution in [2.45, 2.75) is 31.8 Å². The van der Waals surface area contributed by atoms with E-state index in [-0.39, 0.29) is 0 Å². The minimum absolute atomic E-state index is 0.613. The summed E-state index contributed by atoms with van der Waals surface area (Å²) in [5, 5.41) is 4.47. The van der Waals surface area contributed by atoms with E-state index in [4.69, 9.17) is 11.6 Å². The van der Waals surface area contributed by atoms with Crippen LogP contribution in [0, 0.1) is 6.92 Å². The molecule has 98 valence electrons. The van der Waals surface area contributed by atoms with Gasteiger partial charge in [-0.25, -0.2) is 0 Å². The number of hydrogen-bond acceptors (Lipinski definition) is 1. The molecule has 2 aromatic rings. The largest absolute Gasteiger partial charge is 0.309 e. The maximum absolute atomic E-state index is 6.14. The van der Waals surface area contributed by atoms with Gasteiger partial charge in [0.15, 0.2) is 0 Å². The van der Waals surface area contributed by atoms with Crippen molar-refractivity contribution < 1.29 is 0 Å². The fourth-order valence-corrected chi connectivity index (χ4v) is 2.69. The van der Waals surface area contributed by atoms with E-state index in [0.29, 0.717) is 12.0 Å². The fourth-order valence-electron chi connectivity index (χ4n) is 2.48. The maximum atomic E-state index is 6.14. The smallest absolute Gasteiger partial charge is 0.0438 e. The van der Waals surface area contributed by atoms with Gasteiger partial charge >= 0.3 is 0 Å². The molecule has 2 aromatic carbocycles. The molecule has 0 heterocycles. The van der Waals surface area contributed by atoms with Crippen LogP contribution in [0.3, 0.4) is 0 Å². The molecule has 1 nitrogen and oxygen atoms in total. The van der Waals surface area contributed by atoms with Crippen molar-refractivity contribution in [3.63, 3.8) is 0 Å². The number of nitrogens with one attached hydrogen (secondary N) is 1. The second kappa shape index (κ2) is 5.36. The van der Waals surface area contributed by atoms with Gasteiger partial charge in [0.1, 0.15) is 0 Å². The normalized spacial score (nSPS) is 21.4. The lowest BCUT2D eigenvalue weighted by Crippen LogP contribution is -2.17. The molecule has 0 bridgehead atoms. The number of halogens is 1. The molecule has 1 N–H and O–H groups in total. The van der Waals surface area contributed by atoms with Crippen LogP contribution >= 0.6 is 11.6 Å². The second-order valence-electron chi connectivity index (χ2n) is 5.32. The van der Waals surface area contributed by atoms with Gasteiger partial charge in [0, 0.05) is 23.5 Å². The zero-order valence-electron chi connectivity index (χ0n) is 11.1. The Morgan fingerprint density at radius 3 is 2.68 bits per heavy atom. The highest BCUT2D eigenvalue weighted by molar-refractivity contribution is 6.31. The van der Waals surface area contributed by atoms with Crippen LogP contribution in [0.25, 0.3) is 0 Å². The van der Waals surface area contributed by atoms with Crippen molar-refractivity contribution in [2.24, 2.45) is 0 Å². The lowest BCUT2D eigenvalue weighted by molar-refractivity contribution is 0.672. The predicted octanol–water partition coefficient (Wildman–Crippen LogP) is 4.29. The van der Waals surface area contributed by atoms with Crippen LogP contribution in [0.1, 0.15) is 29.0 Å². The Bertz CT molecular complexity index is 565. The van der Waals surface area contributed by atoms with Crippen LogP contribution in [0.4, 0.5) is 0 Å². The van der Waals surface area contributed by atoms with E-state index < -0.39 is 0 Å². The number of rotatable bonds is 4. The van der Waals surface area contributed by atoms with Crippen molar-refractivity contribution in [3.8, 4) is 0 Å². The Kier molecular flexibility index (Phi) is 3.58. The summed E-state index contributed by atoms with van der Waals surface area (Å²) in [6.07, 6.45) is 1.24. The summed E-state index contributed by atoms with van der Waals surface area (Å²) in [7, 11) is 0. The van der Waals surface area contributed by atoms with Gasteiger partial charge in [-0.2, -0.15) is 0 Å². The summed E-state index contributed by atoms with van der Waals surface area (Å²) in [6.45, 7) is 2.93. The predicted molar refractivity (Wildman–Crippen MR) is 80.6 cm³/mol. The van der Waals surface area contributed by atoms with Crippen LogP contribution in [-0.4, -0.2) is 6.04 Å². The van der Waals surface area contributed by atoms with E-state index >= 15 is 0 Å². The lowest BCUT2D eigenvalue weighted by Gasteiger charge is -2.06. The van der Waals surface area contributed by atoms with Crippen LogP contribution < -0.4 is 5.32 Å².